The Morgan fingerprint density at radius 2 is 1.69 bits per heavy atom. The van der Waals surface area contributed by atoms with Crippen molar-refractivity contribution in [3.63, 3.8) is 0 Å². The van der Waals surface area contributed by atoms with Gasteiger partial charge in [0.15, 0.2) is 0 Å². The molecule has 0 bridgehead atoms. The van der Waals surface area contributed by atoms with Crippen molar-refractivity contribution in [2.24, 2.45) is 11.3 Å². The van der Waals surface area contributed by atoms with Gasteiger partial charge in [-0.3, -0.25) is 4.79 Å². The fourth-order valence-corrected chi connectivity index (χ4v) is 4.58. The largest absolute Gasteiger partial charge is 0.370 e. The molecule has 2 heterocycles. The van der Waals surface area contributed by atoms with E-state index >= 15 is 0 Å². The fourth-order valence-electron chi connectivity index (χ4n) is 4.58. The number of rotatable bonds is 3. The van der Waals surface area contributed by atoms with Crippen molar-refractivity contribution in [2.75, 3.05) is 36.4 Å². The van der Waals surface area contributed by atoms with Crippen LogP contribution in [0.4, 0.5) is 11.4 Å². The highest BCUT2D eigenvalue weighted by molar-refractivity contribution is 5.98. The minimum absolute atomic E-state index is 0. The third-order valence-corrected chi connectivity index (χ3v) is 6.21. The number of para-hydroxylation sites is 2. The van der Waals surface area contributed by atoms with Crippen LogP contribution in [0.15, 0.2) is 24.3 Å². The fraction of sp³-hybridized carbons (Fsp3) is 0.650. The minimum atomic E-state index is 0. The summed E-state index contributed by atoms with van der Waals surface area (Å²) in [6.07, 6.45) is 8.53. The van der Waals surface area contributed by atoms with Crippen LogP contribution in [-0.2, 0) is 4.79 Å². The Morgan fingerprint density at radius 1 is 1.04 bits per heavy atom. The van der Waals surface area contributed by atoms with Crippen LogP contribution >= 0.6 is 24.8 Å². The van der Waals surface area contributed by atoms with Gasteiger partial charge in [0.25, 0.3) is 0 Å². The van der Waals surface area contributed by atoms with Crippen LogP contribution in [0.5, 0.6) is 0 Å². The number of nitrogens with zero attached hydrogens (tertiary/aromatic N) is 1. The molecule has 2 saturated heterocycles. The van der Waals surface area contributed by atoms with E-state index in [1.807, 2.05) is 6.07 Å². The average molecular weight is 400 g/mol. The maximum atomic E-state index is 12.8. The predicted octanol–water partition coefficient (Wildman–Crippen LogP) is 4.24. The van der Waals surface area contributed by atoms with Gasteiger partial charge in [-0.15, -0.1) is 24.8 Å². The highest BCUT2D eigenvalue weighted by Gasteiger charge is 2.57. The number of hydrogen-bond acceptors (Lipinski definition) is 3. The van der Waals surface area contributed by atoms with Gasteiger partial charge in [0, 0.05) is 19.0 Å². The van der Waals surface area contributed by atoms with Gasteiger partial charge < -0.3 is 15.5 Å². The van der Waals surface area contributed by atoms with Crippen molar-refractivity contribution in [3.8, 4) is 0 Å². The van der Waals surface area contributed by atoms with E-state index in [4.69, 9.17) is 0 Å². The van der Waals surface area contributed by atoms with E-state index in [0.29, 0.717) is 5.41 Å². The van der Waals surface area contributed by atoms with Gasteiger partial charge in [-0.2, -0.15) is 0 Å². The second-order valence-electron chi connectivity index (χ2n) is 7.78. The van der Waals surface area contributed by atoms with Gasteiger partial charge >= 0.3 is 0 Å². The molecule has 1 spiro atoms. The molecule has 1 unspecified atom stereocenters. The summed E-state index contributed by atoms with van der Waals surface area (Å²) in [6.45, 7) is 4.33. The standard InChI is InChI=1S/C20H29N3O.2ClH/c24-19(16-15-20(16)9-11-21-12-10-20)22-17-7-3-4-8-18(17)23-13-5-1-2-6-14-23;;/h3-4,7-8,16,21H,1-2,5-6,9-15H2,(H,22,24);2*1H. The van der Waals surface area contributed by atoms with Gasteiger partial charge in [-0.1, -0.05) is 25.0 Å². The second-order valence-corrected chi connectivity index (χ2v) is 7.78. The molecule has 1 amide bonds. The van der Waals surface area contributed by atoms with E-state index in [9.17, 15) is 4.79 Å². The molecular formula is C20H31Cl2N3O. The lowest BCUT2D eigenvalue weighted by molar-refractivity contribution is -0.118. The van der Waals surface area contributed by atoms with Crippen LogP contribution in [0, 0.1) is 11.3 Å². The molecule has 4 nitrogen and oxygen atoms in total. The van der Waals surface area contributed by atoms with Crippen molar-refractivity contribution < 1.29 is 4.79 Å². The zero-order valence-electron chi connectivity index (χ0n) is 15.3. The first kappa shape index (κ1) is 21.3. The van der Waals surface area contributed by atoms with E-state index in [-0.39, 0.29) is 36.6 Å². The van der Waals surface area contributed by atoms with Gasteiger partial charge in [0.05, 0.1) is 11.4 Å². The van der Waals surface area contributed by atoms with Gasteiger partial charge in [0.2, 0.25) is 5.91 Å². The van der Waals surface area contributed by atoms with Crippen LogP contribution in [0.3, 0.4) is 0 Å². The molecule has 1 saturated carbocycles. The Morgan fingerprint density at radius 3 is 2.38 bits per heavy atom. The van der Waals surface area contributed by atoms with Crippen molar-refractivity contribution >= 4 is 42.1 Å². The number of carbonyl (C=O) groups is 1. The Balaban J connectivity index is 0.00000121. The van der Waals surface area contributed by atoms with Crippen molar-refractivity contribution in [2.45, 2.75) is 44.9 Å². The lowest BCUT2D eigenvalue weighted by atomic mass is 9.92. The quantitative estimate of drug-likeness (QED) is 0.798. The number of halogens is 2. The monoisotopic (exact) mass is 399 g/mol. The number of hydrogen-bond donors (Lipinski definition) is 2. The Hall–Kier alpha value is -0.970. The third kappa shape index (κ3) is 4.47. The number of nitrogens with one attached hydrogen (secondary N) is 2. The molecule has 3 fully saturated rings. The van der Waals surface area contributed by atoms with Gasteiger partial charge in [-0.05, 0) is 62.7 Å². The second kappa shape index (κ2) is 9.29. The van der Waals surface area contributed by atoms with Crippen molar-refractivity contribution in [3.05, 3.63) is 24.3 Å². The molecule has 1 aromatic carbocycles. The van der Waals surface area contributed by atoms with E-state index in [2.05, 4.69) is 33.7 Å². The number of anilines is 2. The third-order valence-electron chi connectivity index (χ3n) is 6.21. The van der Waals surface area contributed by atoms with Gasteiger partial charge in [-0.25, -0.2) is 0 Å². The summed E-state index contributed by atoms with van der Waals surface area (Å²) in [7, 11) is 0. The Kier molecular flexibility index (Phi) is 7.63. The van der Waals surface area contributed by atoms with Gasteiger partial charge in [0.1, 0.15) is 0 Å². The predicted molar refractivity (Wildman–Crippen MR) is 113 cm³/mol. The topological polar surface area (TPSA) is 44.4 Å². The zero-order valence-corrected chi connectivity index (χ0v) is 17.0. The number of amides is 1. The molecule has 4 rings (SSSR count). The lowest BCUT2D eigenvalue weighted by Crippen LogP contribution is -2.32. The normalized spacial score (nSPS) is 24.0. The maximum absolute atomic E-state index is 12.8. The SMILES string of the molecule is Cl.Cl.O=C(Nc1ccccc1N1CCCCCC1)C1CC12CCNCC2. The summed E-state index contributed by atoms with van der Waals surface area (Å²) in [4.78, 5) is 15.3. The highest BCUT2D eigenvalue weighted by atomic mass is 35.5. The van der Waals surface area contributed by atoms with Crippen LogP contribution < -0.4 is 15.5 Å². The molecule has 146 valence electrons. The molecule has 6 heteroatoms. The molecule has 0 radical (unpaired) electrons. The molecule has 26 heavy (non-hydrogen) atoms. The summed E-state index contributed by atoms with van der Waals surface area (Å²) < 4.78 is 0. The van der Waals surface area contributed by atoms with E-state index < -0.39 is 0 Å². The summed E-state index contributed by atoms with van der Waals surface area (Å²) in [5.41, 5.74) is 2.50. The summed E-state index contributed by atoms with van der Waals surface area (Å²) in [6, 6.07) is 8.34. The minimum Gasteiger partial charge on any atom is -0.370 e. The molecule has 3 aliphatic rings. The lowest BCUT2D eigenvalue weighted by Gasteiger charge is -2.26. The first-order chi connectivity index (χ1) is 11.8. The van der Waals surface area contributed by atoms with Crippen LogP contribution in [-0.4, -0.2) is 32.1 Å². The summed E-state index contributed by atoms with van der Waals surface area (Å²) in [5.74, 6) is 0.455. The first-order valence-corrected chi connectivity index (χ1v) is 9.64. The summed E-state index contributed by atoms with van der Waals surface area (Å²) >= 11 is 0. The molecule has 2 N–H and O–H groups in total. The van der Waals surface area contributed by atoms with Crippen LogP contribution in [0.25, 0.3) is 0 Å². The number of piperidine rings is 1. The molecule has 1 atom stereocenters. The van der Waals surface area contributed by atoms with Crippen molar-refractivity contribution in [1.82, 2.24) is 5.32 Å². The molecule has 2 aliphatic heterocycles. The first-order valence-electron chi connectivity index (χ1n) is 9.64. The molecule has 1 aliphatic carbocycles. The van der Waals surface area contributed by atoms with Crippen molar-refractivity contribution in [1.29, 1.82) is 0 Å². The Bertz CT molecular complexity index is 596. The average Bonchev–Trinajstić information content (AvgIpc) is 3.36. The van der Waals surface area contributed by atoms with Crippen LogP contribution in [0.2, 0.25) is 0 Å². The van der Waals surface area contributed by atoms with Crippen LogP contribution in [0.1, 0.15) is 44.9 Å². The highest BCUT2D eigenvalue weighted by Crippen LogP contribution is 2.58. The number of carbonyl (C=O) groups excluding carboxylic acids is 1. The number of benzene rings is 1. The van der Waals surface area contributed by atoms with E-state index in [1.165, 1.54) is 31.4 Å². The molecule has 0 aromatic heterocycles. The Labute approximate surface area is 169 Å². The smallest absolute Gasteiger partial charge is 0.228 e. The molecule has 1 aromatic rings. The van der Waals surface area contributed by atoms with E-state index in [1.54, 1.807) is 0 Å². The maximum Gasteiger partial charge on any atom is 0.228 e. The zero-order chi connectivity index (χ0) is 16.4. The van der Waals surface area contributed by atoms with E-state index in [0.717, 1.165) is 51.1 Å². The molecular weight excluding hydrogens is 369 g/mol. The summed E-state index contributed by atoms with van der Waals surface area (Å²) in [5, 5.41) is 6.67.